The van der Waals surface area contributed by atoms with Crippen LogP contribution in [0.15, 0.2) is 23.3 Å². The highest BCUT2D eigenvalue weighted by molar-refractivity contribution is 5.23. The van der Waals surface area contributed by atoms with Crippen LogP contribution in [-0.2, 0) is 37.9 Å². The molecule has 0 amide bonds. The van der Waals surface area contributed by atoms with Gasteiger partial charge in [-0.1, -0.05) is 92.5 Å². The van der Waals surface area contributed by atoms with Crippen molar-refractivity contribution < 1.29 is 130 Å². The fourth-order valence-corrected chi connectivity index (χ4v) is 26.6. The maximum absolute atomic E-state index is 12.2. The first-order chi connectivity index (χ1) is 51.2. The summed E-state index contributed by atoms with van der Waals surface area (Å²) >= 11 is 0. The molecule has 12 fully saturated rings. The van der Waals surface area contributed by atoms with Crippen molar-refractivity contribution in [1.29, 1.82) is 0 Å². The van der Waals surface area contributed by atoms with Crippen molar-refractivity contribution in [2.45, 2.75) is 385 Å². The summed E-state index contributed by atoms with van der Waals surface area (Å²) in [7, 11) is 0. The minimum atomic E-state index is -1.75. The van der Waals surface area contributed by atoms with Crippen LogP contribution in [0.1, 0.15) is 226 Å². The number of aliphatic hydroxyl groups excluding tert-OH is 16. The van der Waals surface area contributed by atoms with Gasteiger partial charge in [0.15, 0.2) is 25.2 Å². The van der Waals surface area contributed by atoms with Crippen molar-refractivity contribution in [1.82, 2.24) is 0 Å². The molecule has 110 heavy (non-hydrogen) atoms. The van der Waals surface area contributed by atoms with E-state index in [1.807, 2.05) is 13.8 Å². The first-order valence-corrected chi connectivity index (χ1v) is 41.7. The number of aliphatic hydroxyl groups is 18. The number of fused-ring (bicyclic) bond motifs is 10. The Morgan fingerprint density at radius 3 is 0.973 bits per heavy atom. The topological polar surface area (TPSA) is 438 Å². The number of hydrogen-bond acceptors (Lipinski definition) is 26. The van der Waals surface area contributed by atoms with E-state index in [0.29, 0.717) is 38.5 Å². The fraction of sp³-hybridized carbons (Fsp3) is 0.952. The van der Waals surface area contributed by atoms with Crippen LogP contribution < -0.4 is 0 Å². The van der Waals surface area contributed by atoms with Gasteiger partial charge in [-0.3, -0.25) is 0 Å². The molecule has 4 heterocycles. The van der Waals surface area contributed by atoms with Crippen LogP contribution in [0.2, 0.25) is 0 Å². The first kappa shape index (κ1) is 89.2. The summed E-state index contributed by atoms with van der Waals surface area (Å²) in [6, 6.07) is 0. The lowest BCUT2D eigenvalue weighted by Gasteiger charge is -2.70. The molecule has 0 radical (unpaired) electrons. The molecule has 12 rings (SSSR count). The minimum Gasteiger partial charge on any atom is -0.394 e. The average molecular weight is 1570 g/mol. The third-order valence-corrected chi connectivity index (χ3v) is 33.2. The Bertz CT molecular complexity index is 2940. The number of allylic oxidation sites excluding steroid dienone is 4. The predicted octanol–water partition coefficient (Wildman–Crippen LogP) is 4.30. The molecule has 0 bridgehead atoms. The summed E-state index contributed by atoms with van der Waals surface area (Å²) < 4.78 is 48.7. The van der Waals surface area contributed by atoms with E-state index < -0.39 is 196 Å². The fourth-order valence-electron chi connectivity index (χ4n) is 26.6. The standard InChI is InChI=1S/2C42H72O13/c2*1-21(2)10-9-14-42(8,51)22-11-16-41(7)29(22)23(45)18-27-39(5)15-13-28(38(3,4)26(39)12-17-40(27,41)6)54-37-35(33(49)31(47)25(20-44)53-37)55-36-34(50)32(48)30(46)24(19-43)52-36/h2*10,22-37,43-51H,9,11-20H2,1-8H3/t22?,23-,24?,25?,26?,27?,28+,29?,30-,31-,32-,33-,34?,35?,36+,37+,39+,40-,41-,42+;22?,23-,24?,25?,26?,27?,28+,29?,30-,31-,32-,33-,34?,35?,36+,37+,39+,40-,41-,42-/m11/s1. The van der Waals surface area contributed by atoms with Crippen LogP contribution in [0.3, 0.4) is 0 Å². The molecule has 4 saturated heterocycles. The van der Waals surface area contributed by atoms with E-state index in [9.17, 15) is 91.9 Å². The second kappa shape index (κ2) is 32.9. The van der Waals surface area contributed by atoms with Gasteiger partial charge >= 0.3 is 0 Å². The second-order valence-electron chi connectivity index (χ2n) is 40.3. The quantitative estimate of drug-likeness (QED) is 0.0597. The summed E-state index contributed by atoms with van der Waals surface area (Å²) in [6.45, 7) is 32.9. The van der Waals surface area contributed by atoms with Gasteiger partial charge in [0.25, 0.3) is 0 Å². The lowest BCUT2D eigenvalue weighted by atomic mass is 9.35. The van der Waals surface area contributed by atoms with Gasteiger partial charge in [-0.25, -0.2) is 0 Å². The third-order valence-electron chi connectivity index (χ3n) is 33.2. The lowest BCUT2D eigenvalue weighted by molar-refractivity contribution is -0.378. The van der Waals surface area contributed by atoms with Gasteiger partial charge in [-0.05, 0) is 248 Å². The van der Waals surface area contributed by atoms with Gasteiger partial charge in [0.2, 0.25) is 0 Å². The SMILES string of the molecule is CC(C)=CCC[C@@](C)(O)C1CC[C@]2(C)C1[C@H](O)CC1[C@@]3(C)CC[C@H](O[C@@H]4OC(CO)[C@@H](O)[C@@H](O)C4O[C@@H]4OC(CO)[C@@H](O)[C@@H](O)C4O)C(C)(C)C3CC[C@]12C.CC(C)=CCC[C@](C)(O)C1CC[C@]2(C)C1[C@H](O)CC1[C@@]3(C)CC[C@H](O[C@@H]4OC(CO)[C@@H](O)[C@@H](O)C4O[C@@H]4OC(CO)[C@@H](O)[C@@H](O)C4O)C(C)(C)C3CC[C@]12C. The molecule has 26 heteroatoms. The van der Waals surface area contributed by atoms with Crippen LogP contribution in [-0.4, -0.2) is 277 Å². The van der Waals surface area contributed by atoms with E-state index in [1.54, 1.807) is 0 Å². The van der Waals surface area contributed by atoms with Crippen LogP contribution in [0.5, 0.6) is 0 Å². The highest BCUT2D eigenvalue weighted by atomic mass is 16.8. The Labute approximate surface area is 652 Å². The zero-order chi connectivity index (χ0) is 81.3. The summed E-state index contributed by atoms with van der Waals surface area (Å²) in [5.74, 6) is 0.890. The van der Waals surface area contributed by atoms with E-state index in [4.69, 9.17) is 37.9 Å². The summed E-state index contributed by atoms with van der Waals surface area (Å²) in [4.78, 5) is 0. The van der Waals surface area contributed by atoms with Gasteiger partial charge < -0.3 is 130 Å². The number of rotatable bonds is 20. The van der Waals surface area contributed by atoms with E-state index in [-0.39, 0.29) is 79.8 Å². The Morgan fingerprint density at radius 2 is 0.664 bits per heavy atom. The Balaban J connectivity index is 0.000000218. The van der Waals surface area contributed by atoms with Gasteiger partial charge in [0.05, 0.1) is 62.0 Å². The van der Waals surface area contributed by atoms with E-state index >= 15 is 0 Å². The van der Waals surface area contributed by atoms with Crippen molar-refractivity contribution in [3.05, 3.63) is 23.3 Å². The van der Waals surface area contributed by atoms with Crippen LogP contribution in [0.25, 0.3) is 0 Å². The first-order valence-electron chi connectivity index (χ1n) is 41.7. The molecule has 16 unspecified atom stereocenters. The monoisotopic (exact) mass is 1570 g/mol. The maximum atomic E-state index is 12.2. The molecule has 0 aromatic rings. The molecule has 8 aliphatic carbocycles. The van der Waals surface area contributed by atoms with Gasteiger partial charge in [-0.15, -0.1) is 0 Å². The Hall–Kier alpha value is -1.56. The molecule has 636 valence electrons. The molecular formula is C84H144O26. The van der Waals surface area contributed by atoms with Crippen molar-refractivity contribution >= 4 is 0 Å². The largest absolute Gasteiger partial charge is 0.394 e. The maximum Gasteiger partial charge on any atom is 0.187 e. The normalized spacial score (nSPS) is 52.0. The smallest absolute Gasteiger partial charge is 0.187 e. The van der Waals surface area contributed by atoms with E-state index in [2.05, 4.69) is 109 Å². The predicted molar refractivity (Wildman–Crippen MR) is 402 cm³/mol. The molecule has 40 atom stereocenters. The van der Waals surface area contributed by atoms with Crippen molar-refractivity contribution in [2.75, 3.05) is 26.4 Å². The molecule has 0 spiro atoms. The number of hydrogen-bond donors (Lipinski definition) is 18. The lowest BCUT2D eigenvalue weighted by Crippen LogP contribution is -2.68. The molecule has 0 aromatic heterocycles. The summed E-state index contributed by atoms with van der Waals surface area (Å²) in [6.07, 6.45) is -13.0. The average Bonchev–Trinajstić information content (AvgIpc) is 1.30. The Kier molecular flexibility index (Phi) is 26.7. The van der Waals surface area contributed by atoms with Gasteiger partial charge in [0.1, 0.15) is 97.7 Å². The molecule has 18 N–H and O–H groups in total. The zero-order valence-corrected chi connectivity index (χ0v) is 68.5. The Morgan fingerprint density at radius 1 is 0.364 bits per heavy atom. The molecule has 4 aliphatic heterocycles. The van der Waals surface area contributed by atoms with Crippen LogP contribution >= 0.6 is 0 Å². The minimum absolute atomic E-state index is 0.00798. The summed E-state index contributed by atoms with van der Waals surface area (Å²) in [5.41, 5.74) is -0.811. The van der Waals surface area contributed by atoms with Gasteiger partial charge in [-0.2, -0.15) is 0 Å². The van der Waals surface area contributed by atoms with Crippen LogP contribution in [0.4, 0.5) is 0 Å². The molecule has 12 aliphatic rings. The van der Waals surface area contributed by atoms with E-state index in [0.717, 1.165) is 77.0 Å². The number of ether oxygens (including phenoxy) is 8. The molecule has 8 saturated carbocycles. The van der Waals surface area contributed by atoms with E-state index in [1.165, 1.54) is 11.1 Å². The highest BCUT2D eigenvalue weighted by Crippen LogP contribution is 2.78. The molecule has 26 nitrogen and oxygen atoms in total. The van der Waals surface area contributed by atoms with Crippen molar-refractivity contribution in [3.8, 4) is 0 Å². The van der Waals surface area contributed by atoms with Crippen molar-refractivity contribution in [2.24, 2.45) is 90.7 Å². The van der Waals surface area contributed by atoms with Crippen molar-refractivity contribution in [3.63, 3.8) is 0 Å². The highest BCUT2D eigenvalue weighted by Gasteiger charge is 2.74. The zero-order valence-electron chi connectivity index (χ0n) is 68.5. The third kappa shape index (κ3) is 15.3. The molecule has 0 aromatic carbocycles. The van der Waals surface area contributed by atoms with Crippen LogP contribution in [0, 0.1) is 90.7 Å². The van der Waals surface area contributed by atoms with Gasteiger partial charge in [0, 0.05) is 0 Å². The molecular weight excluding hydrogens is 1420 g/mol. The second-order valence-corrected chi connectivity index (χ2v) is 40.3. The summed E-state index contributed by atoms with van der Waals surface area (Å²) in [5, 5.41) is 195.